The molecule has 0 saturated heterocycles. The maximum Gasteiger partial charge on any atom is 0.122 e. The van der Waals surface area contributed by atoms with Crippen LogP contribution in [0.4, 0.5) is 5.69 Å². The summed E-state index contributed by atoms with van der Waals surface area (Å²) in [4.78, 5) is 0. The number of nitriles is 1. The van der Waals surface area contributed by atoms with E-state index in [-0.39, 0.29) is 0 Å². The molecule has 0 atom stereocenters. The Morgan fingerprint density at radius 2 is 2.05 bits per heavy atom. The van der Waals surface area contributed by atoms with E-state index in [1.54, 1.807) is 7.11 Å². The third-order valence-corrected chi connectivity index (χ3v) is 3.50. The number of ether oxygens (including phenoxy) is 1. The van der Waals surface area contributed by atoms with Gasteiger partial charge in [-0.3, -0.25) is 0 Å². The van der Waals surface area contributed by atoms with Crippen molar-refractivity contribution < 1.29 is 4.74 Å². The summed E-state index contributed by atoms with van der Waals surface area (Å²) in [5.41, 5.74) is 2.64. The Balaban J connectivity index is 2.02. The van der Waals surface area contributed by atoms with Crippen molar-refractivity contribution in [3.63, 3.8) is 0 Å². The van der Waals surface area contributed by atoms with Gasteiger partial charge >= 0.3 is 0 Å². The number of rotatable bonds is 5. The summed E-state index contributed by atoms with van der Waals surface area (Å²) >= 11 is 3.37. The van der Waals surface area contributed by atoms with Crippen LogP contribution in [0.25, 0.3) is 0 Å². The molecule has 0 aliphatic carbocycles. The van der Waals surface area contributed by atoms with Gasteiger partial charge in [-0.2, -0.15) is 5.26 Å². The van der Waals surface area contributed by atoms with Gasteiger partial charge in [-0.05, 0) is 36.2 Å². The van der Waals surface area contributed by atoms with Crippen LogP contribution in [-0.4, -0.2) is 13.7 Å². The molecule has 2 aromatic rings. The summed E-state index contributed by atoms with van der Waals surface area (Å²) < 4.78 is 6.23. The van der Waals surface area contributed by atoms with Crippen molar-refractivity contribution in [3.05, 3.63) is 58.1 Å². The molecule has 0 aromatic heterocycles. The van der Waals surface area contributed by atoms with Crippen molar-refractivity contribution in [1.82, 2.24) is 0 Å². The molecule has 0 fully saturated rings. The van der Waals surface area contributed by atoms with Crippen molar-refractivity contribution in [1.29, 1.82) is 5.26 Å². The molecule has 0 amide bonds. The smallest absolute Gasteiger partial charge is 0.122 e. The Labute approximate surface area is 127 Å². The molecule has 0 bridgehead atoms. The van der Waals surface area contributed by atoms with Crippen molar-refractivity contribution in [3.8, 4) is 11.8 Å². The van der Waals surface area contributed by atoms with Crippen molar-refractivity contribution >= 4 is 21.6 Å². The molecule has 0 aliphatic rings. The van der Waals surface area contributed by atoms with E-state index in [4.69, 9.17) is 10.00 Å². The van der Waals surface area contributed by atoms with Crippen LogP contribution in [0.3, 0.4) is 0 Å². The predicted octanol–water partition coefficient (Wildman–Crippen LogP) is 3.98. The largest absolute Gasteiger partial charge is 0.496 e. The van der Waals surface area contributed by atoms with E-state index in [0.29, 0.717) is 5.56 Å². The number of halogens is 1. The van der Waals surface area contributed by atoms with Crippen LogP contribution in [0.15, 0.2) is 46.9 Å². The number of hydrogen-bond acceptors (Lipinski definition) is 3. The van der Waals surface area contributed by atoms with E-state index in [0.717, 1.165) is 34.4 Å². The van der Waals surface area contributed by atoms with Gasteiger partial charge < -0.3 is 10.1 Å². The van der Waals surface area contributed by atoms with Crippen LogP contribution in [0.1, 0.15) is 11.1 Å². The van der Waals surface area contributed by atoms with Crippen molar-refractivity contribution in [2.24, 2.45) is 0 Å². The number of anilines is 1. The predicted molar refractivity (Wildman–Crippen MR) is 84.0 cm³/mol. The Hall–Kier alpha value is -1.99. The van der Waals surface area contributed by atoms with Crippen LogP contribution in [0.2, 0.25) is 0 Å². The Morgan fingerprint density at radius 3 is 2.80 bits per heavy atom. The highest BCUT2D eigenvalue weighted by Gasteiger charge is 2.04. The maximum atomic E-state index is 9.11. The van der Waals surface area contributed by atoms with Gasteiger partial charge in [0.1, 0.15) is 11.8 Å². The molecule has 20 heavy (non-hydrogen) atoms. The highest BCUT2D eigenvalue weighted by Crippen LogP contribution is 2.21. The van der Waals surface area contributed by atoms with Gasteiger partial charge in [0.05, 0.1) is 18.4 Å². The molecule has 0 heterocycles. The summed E-state index contributed by atoms with van der Waals surface area (Å²) in [6, 6.07) is 15.8. The molecule has 3 nitrogen and oxygen atoms in total. The number of para-hydroxylation sites is 1. The van der Waals surface area contributed by atoms with Crippen LogP contribution in [-0.2, 0) is 6.42 Å². The average molecular weight is 331 g/mol. The van der Waals surface area contributed by atoms with E-state index < -0.39 is 0 Å². The minimum Gasteiger partial charge on any atom is -0.496 e. The third kappa shape index (κ3) is 3.52. The zero-order chi connectivity index (χ0) is 14.4. The van der Waals surface area contributed by atoms with Gasteiger partial charge in [-0.15, -0.1) is 0 Å². The minimum atomic E-state index is 0.638. The second-order valence-corrected chi connectivity index (χ2v) is 5.21. The molecule has 4 heteroatoms. The topological polar surface area (TPSA) is 45.0 Å². The highest BCUT2D eigenvalue weighted by atomic mass is 79.9. The third-order valence-electron chi connectivity index (χ3n) is 3.00. The Kier molecular flexibility index (Phi) is 5.03. The van der Waals surface area contributed by atoms with Gasteiger partial charge in [-0.25, -0.2) is 0 Å². The second kappa shape index (κ2) is 6.97. The molecule has 0 radical (unpaired) electrons. The van der Waals surface area contributed by atoms with Gasteiger partial charge in [-0.1, -0.05) is 34.1 Å². The van der Waals surface area contributed by atoms with E-state index >= 15 is 0 Å². The lowest BCUT2D eigenvalue weighted by Crippen LogP contribution is -2.07. The molecule has 0 saturated carbocycles. The van der Waals surface area contributed by atoms with Gasteiger partial charge in [0, 0.05) is 11.0 Å². The molecule has 102 valence electrons. The van der Waals surface area contributed by atoms with Crippen molar-refractivity contribution in [2.75, 3.05) is 19.0 Å². The van der Waals surface area contributed by atoms with E-state index in [1.165, 1.54) is 0 Å². The quantitative estimate of drug-likeness (QED) is 0.901. The maximum absolute atomic E-state index is 9.11. The number of methoxy groups -OCH3 is 1. The molecule has 0 unspecified atom stereocenters. The molecule has 2 aromatic carbocycles. The number of benzene rings is 2. The first-order valence-electron chi connectivity index (χ1n) is 6.30. The first-order chi connectivity index (χ1) is 9.74. The highest BCUT2D eigenvalue weighted by molar-refractivity contribution is 9.10. The Bertz CT molecular complexity index is 635. The van der Waals surface area contributed by atoms with E-state index in [9.17, 15) is 0 Å². The number of hydrogen-bond donors (Lipinski definition) is 1. The molecule has 0 aliphatic heterocycles. The van der Waals surface area contributed by atoms with Gasteiger partial charge in [0.2, 0.25) is 0 Å². The number of nitrogens with zero attached hydrogens (tertiary/aromatic N) is 1. The normalized spacial score (nSPS) is 9.85. The fraction of sp³-hybridized carbons (Fsp3) is 0.188. The van der Waals surface area contributed by atoms with Crippen LogP contribution in [0, 0.1) is 11.3 Å². The van der Waals surface area contributed by atoms with Crippen molar-refractivity contribution in [2.45, 2.75) is 6.42 Å². The average Bonchev–Trinajstić information content (AvgIpc) is 2.49. The fourth-order valence-electron chi connectivity index (χ4n) is 2.00. The standard InChI is InChI=1S/C16H15BrN2O/c1-20-16-5-3-2-4-12(16)8-9-19-15-7-6-14(17)10-13(15)11-18/h2-7,10,19H,8-9H2,1H3. The second-order valence-electron chi connectivity index (χ2n) is 4.29. The summed E-state index contributed by atoms with van der Waals surface area (Å²) in [5, 5.41) is 12.4. The lowest BCUT2D eigenvalue weighted by Gasteiger charge is -2.11. The summed E-state index contributed by atoms with van der Waals surface area (Å²) in [6.07, 6.45) is 0.838. The molecule has 2 rings (SSSR count). The SMILES string of the molecule is COc1ccccc1CCNc1ccc(Br)cc1C#N. The monoisotopic (exact) mass is 330 g/mol. The fourth-order valence-corrected chi connectivity index (χ4v) is 2.37. The van der Waals surface area contributed by atoms with Crippen LogP contribution >= 0.6 is 15.9 Å². The molecular weight excluding hydrogens is 316 g/mol. The molecular formula is C16H15BrN2O. The van der Waals surface area contributed by atoms with Crippen LogP contribution < -0.4 is 10.1 Å². The zero-order valence-corrected chi connectivity index (χ0v) is 12.8. The molecule has 0 spiro atoms. The summed E-state index contributed by atoms with van der Waals surface area (Å²) in [6.45, 7) is 0.747. The zero-order valence-electron chi connectivity index (χ0n) is 11.2. The summed E-state index contributed by atoms with van der Waals surface area (Å²) in [7, 11) is 1.68. The van der Waals surface area contributed by atoms with Gasteiger partial charge in [0.15, 0.2) is 0 Å². The first kappa shape index (κ1) is 14.4. The lowest BCUT2D eigenvalue weighted by atomic mass is 10.1. The Morgan fingerprint density at radius 1 is 1.25 bits per heavy atom. The van der Waals surface area contributed by atoms with E-state index in [1.807, 2.05) is 42.5 Å². The first-order valence-corrected chi connectivity index (χ1v) is 7.09. The van der Waals surface area contributed by atoms with Crippen LogP contribution in [0.5, 0.6) is 5.75 Å². The summed E-state index contributed by atoms with van der Waals surface area (Å²) in [5.74, 6) is 0.894. The minimum absolute atomic E-state index is 0.638. The lowest BCUT2D eigenvalue weighted by molar-refractivity contribution is 0.410. The van der Waals surface area contributed by atoms with E-state index in [2.05, 4.69) is 27.3 Å². The molecule has 1 N–H and O–H groups in total. The number of nitrogens with one attached hydrogen (secondary N) is 1. The van der Waals surface area contributed by atoms with Gasteiger partial charge in [0.25, 0.3) is 0 Å².